The largest absolute Gasteiger partial charge is 0.378 e. The molecule has 27 heavy (non-hydrogen) atoms. The van der Waals surface area contributed by atoms with Gasteiger partial charge in [0, 0.05) is 31.9 Å². The molecule has 0 bridgehead atoms. The molecule has 1 aliphatic heterocycles. The number of nitrogens with one attached hydrogen (secondary N) is 2. The molecule has 0 unspecified atom stereocenters. The monoisotopic (exact) mass is 371 g/mol. The number of ether oxygens (including phenoxy) is 1. The molecular formula is C18H25N7O2. The van der Waals surface area contributed by atoms with E-state index < -0.39 is 0 Å². The van der Waals surface area contributed by atoms with Crippen LogP contribution in [0.2, 0.25) is 0 Å². The van der Waals surface area contributed by atoms with E-state index in [1.54, 1.807) is 7.05 Å². The third-order valence-corrected chi connectivity index (χ3v) is 4.28. The minimum absolute atomic E-state index is 0.129. The van der Waals surface area contributed by atoms with E-state index in [2.05, 4.69) is 35.7 Å². The number of rotatable bonds is 5. The summed E-state index contributed by atoms with van der Waals surface area (Å²) in [5.74, 6) is 1.73. The topological polar surface area (TPSA) is 105 Å². The van der Waals surface area contributed by atoms with Crippen molar-refractivity contribution in [3.63, 3.8) is 0 Å². The van der Waals surface area contributed by atoms with E-state index in [4.69, 9.17) is 4.74 Å². The first-order valence-corrected chi connectivity index (χ1v) is 9.03. The fourth-order valence-electron chi connectivity index (χ4n) is 2.86. The zero-order valence-electron chi connectivity index (χ0n) is 16.1. The van der Waals surface area contributed by atoms with E-state index in [0.717, 1.165) is 24.3 Å². The molecule has 9 nitrogen and oxygen atoms in total. The van der Waals surface area contributed by atoms with Gasteiger partial charge in [0.25, 0.3) is 5.91 Å². The van der Waals surface area contributed by atoms with E-state index in [0.29, 0.717) is 36.5 Å². The molecule has 3 rings (SSSR count). The zero-order valence-corrected chi connectivity index (χ0v) is 16.1. The van der Waals surface area contributed by atoms with Gasteiger partial charge in [0.05, 0.1) is 13.2 Å². The Morgan fingerprint density at radius 3 is 2.56 bits per heavy atom. The number of carbonyl (C=O) groups is 1. The first-order chi connectivity index (χ1) is 13.0. The third kappa shape index (κ3) is 4.48. The number of morpholine rings is 1. The predicted molar refractivity (Wildman–Crippen MR) is 103 cm³/mol. The van der Waals surface area contributed by atoms with Crippen LogP contribution in [0.5, 0.6) is 0 Å². The normalized spacial score (nSPS) is 14.3. The molecule has 1 amide bonds. The van der Waals surface area contributed by atoms with Crippen molar-refractivity contribution in [1.29, 1.82) is 0 Å². The average Bonchev–Trinajstić information content (AvgIpc) is 2.67. The number of aryl methyl sites for hydroxylation is 1. The fraction of sp³-hybridized carbons (Fsp3) is 0.500. The van der Waals surface area contributed by atoms with Gasteiger partial charge in [0.15, 0.2) is 11.5 Å². The molecule has 0 atom stereocenters. The van der Waals surface area contributed by atoms with Gasteiger partial charge in [-0.05, 0) is 24.5 Å². The van der Waals surface area contributed by atoms with E-state index >= 15 is 0 Å². The van der Waals surface area contributed by atoms with Crippen molar-refractivity contribution < 1.29 is 9.53 Å². The summed E-state index contributed by atoms with van der Waals surface area (Å²) in [5, 5.41) is 14.0. The molecule has 3 heterocycles. The van der Waals surface area contributed by atoms with Gasteiger partial charge >= 0.3 is 0 Å². The van der Waals surface area contributed by atoms with E-state index in [1.165, 1.54) is 0 Å². The van der Waals surface area contributed by atoms with Crippen molar-refractivity contribution in [3.05, 3.63) is 29.1 Å². The Morgan fingerprint density at radius 2 is 1.89 bits per heavy atom. The van der Waals surface area contributed by atoms with Crippen LogP contribution in [0.4, 0.5) is 17.6 Å². The van der Waals surface area contributed by atoms with Crippen LogP contribution in [0.3, 0.4) is 0 Å². The molecule has 0 aliphatic carbocycles. The Balaban J connectivity index is 1.87. The molecule has 0 aromatic carbocycles. The molecule has 0 saturated carbocycles. The van der Waals surface area contributed by atoms with Crippen LogP contribution in [0, 0.1) is 6.92 Å². The van der Waals surface area contributed by atoms with Crippen LogP contribution < -0.4 is 15.5 Å². The van der Waals surface area contributed by atoms with E-state index in [9.17, 15) is 4.79 Å². The van der Waals surface area contributed by atoms with Crippen LogP contribution in [0.25, 0.3) is 0 Å². The highest BCUT2D eigenvalue weighted by Gasteiger charge is 2.18. The second-order valence-corrected chi connectivity index (χ2v) is 6.69. The molecular weight excluding hydrogens is 346 g/mol. The van der Waals surface area contributed by atoms with E-state index in [-0.39, 0.29) is 11.8 Å². The number of hydrogen-bond donors (Lipinski definition) is 2. The molecule has 1 fully saturated rings. The van der Waals surface area contributed by atoms with Crippen molar-refractivity contribution in [2.24, 2.45) is 0 Å². The van der Waals surface area contributed by atoms with Crippen LogP contribution >= 0.6 is 0 Å². The maximum Gasteiger partial charge on any atom is 0.271 e. The Labute approximate surface area is 158 Å². The second-order valence-electron chi connectivity index (χ2n) is 6.69. The van der Waals surface area contributed by atoms with Crippen molar-refractivity contribution in [3.8, 4) is 0 Å². The lowest BCUT2D eigenvalue weighted by Crippen LogP contribution is -2.37. The quantitative estimate of drug-likeness (QED) is 0.817. The lowest BCUT2D eigenvalue weighted by Gasteiger charge is -2.27. The number of hydrogen-bond acceptors (Lipinski definition) is 8. The van der Waals surface area contributed by atoms with Crippen molar-refractivity contribution >= 4 is 23.5 Å². The summed E-state index contributed by atoms with van der Waals surface area (Å²) < 4.78 is 5.39. The number of nitrogens with zero attached hydrogens (tertiary/aromatic N) is 5. The van der Waals surface area contributed by atoms with Gasteiger partial charge in [-0.25, -0.2) is 4.98 Å². The fourth-order valence-corrected chi connectivity index (χ4v) is 2.86. The van der Waals surface area contributed by atoms with Gasteiger partial charge in [-0.3, -0.25) is 4.79 Å². The van der Waals surface area contributed by atoms with Crippen molar-refractivity contribution in [2.75, 3.05) is 43.6 Å². The first-order valence-electron chi connectivity index (χ1n) is 9.03. The number of anilines is 3. The molecule has 1 saturated heterocycles. The highest BCUT2D eigenvalue weighted by Crippen LogP contribution is 2.23. The Morgan fingerprint density at radius 1 is 1.15 bits per heavy atom. The molecule has 2 aromatic heterocycles. The summed E-state index contributed by atoms with van der Waals surface area (Å²) in [4.78, 5) is 23.2. The molecule has 0 spiro atoms. The predicted octanol–water partition coefficient (Wildman–Crippen LogP) is 1.64. The SMILES string of the molecule is CNC(=O)c1nnc(Nc2cc(C)nc(N3CCOCC3)n2)cc1C(C)C. The second kappa shape index (κ2) is 8.26. The molecule has 2 N–H and O–H groups in total. The summed E-state index contributed by atoms with van der Waals surface area (Å²) in [7, 11) is 1.58. The smallest absolute Gasteiger partial charge is 0.271 e. The maximum absolute atomic E-state index is 12.0. The van der Waals surface area contributed by atoms with Crippen molar-refractivity contribution in [1.82, 2.24) is 25.5 Å². The summed E-state index contributed by atoms with van der Waals surface area (Å²) >= 11 is 0. The van der Waals surface area contributed by atoms with Crippen LogP contribution in [-0.2, 0) is 4.74 Å². The van der Waals surface area contributed by atoms with Gasteiger partial charge < -0.3 is 20.3 Å². The minimum atomic E-state index is -0.245. The number of amides is 1. The molecule has 144 valence electrons. The van der Waals surface area contributed by atoms with Crippen LogP contribution in [-0.4, -0.2) is 59.4 Å². The Kier molecular flexibility index (Phi) is 5.80. The highest BCUT2D eigenvalue weighted by atomic mass is 16.5. The minimum Gasteiger partial charge on any atom is -0.378 e. The summed E-state index contributed by atoms with van der Waals surface area (Å²) in [5.41, 5.74) is 2.02. The standard InChI is InChI=1S/C18H25N7O2/c1-11(2)13-10-15(23-24-16(13)17(26)19-4)21-14-9-12(3)20-18(22-14)25-5-7-27-8-6-25/h9-11H,5-8H2,1-4H3,(H,19,26)(H,20,21,22,23). The Bertz CT molecular complexity index is 819. The molecule has 1 aliphatic rings. The average molecular weight is 371 g/mol. The van der Waals surface area contributed by atoms with Gasteiger partial charge in [-0.2, -0.15) is 4.98 Å². The number of aromatic nitrogens is 4. The van der Waals surface area contributed by atoms with Gasteiger partial charge in [-0.1, -0.05) is 13.8 Å². The third-order valence-electron chi connectivity index (χ3n) is 4.28. The van der Waals surface area contributed by atoms with Gasteiger partial charge in [-0.15, -0.1) is 10.2 Å². The zero-order chi connectivity index (χ0) is 19.4. The molecule has 0 radical (unpaired) electrons. The summed E-state index contributed by atoms with van der Waals surface area (Å²) in [6.45, 7) is 8.82. The Hall–Kier alpha value is -2.81. The number of carbonyl (C=O) groups excluding carboxylic acids is 1. The molecule has 9 heteroatoms. The van der Waals surface area contributed by atoms with Crippen LogP contribution in [0.15, 0.2) is 12.1 Å². The lowest BCUT2D eigenvalue weighted by molar-refractivity contribution is 0.0955. The van der Waals surface area contributed by atoms with Gasteiger partial charge in [0.2, 0.25) is 5.95 Å². The summed E-state index contributed by atoms with van der Waals surface area (Å²) in [6.07, 6.45) is 0. The lowest BCUT2D eigenvalue weighted by atomic mass is 10.0. The van der Waals surface area contributed by atoms with Gasteiger partial charge in [0.1, 0.15) is 5.82 Å². The van der Waals surface area contributed by atoms with Crippen LogP contribution in [0.1, 0.15) is 41.5 Å². The molecule has 2 aromatic rings. The van der Waals surface area contributed by atoms with E-state index in [1.807, 2.05) is 32.9 Å². The maximum atomic E-state index is 12.0. The van der Waals surface area contributed by atoms with Crippen molar-refractivity contribution in [2.45, 2.75) is 26.7 Å². The highest BCUT2D eigenvalue weighted by molar-refractivity contribution is 5.93. The summed E-state index contributed by atoms with van der Waals surface area (Å²) in [6, 6.07) is 3.70. The first kappa shape index (κ1) is 19.0.